The average molecular weight is 383 g/mol. The van der Waals surface area contributed by atoms with E-state index in [1.54, 1.807) is 6.92 Å². The van der Waals surface area contributed by atoms with Crippen molar-refractivity contribution in [2.75, 3.05) is 18.1 Å². The number of hydrogen-bond acceptors (Lipinski definition) is 3. The molecular weight excluding hydrogens is 354 g/mol. The largest absolute Gasteiger partial charge is 0.481 e. The van der Waals surface area contributed by atoms with Gasteiger partial charge in [0.25, 0.3) is 0 Å². The van der Waals surface area contributed by atoms with Crippen molar-refractivity contribution in [1.29, 1.82) is 0 Å². The lowest BCUT2D eigenvalue weighted by Gasteiger charge is -2.23. The summed E-state index contributed by atoms with van der Waals surface area (Å²) in [4.78, 5) is 24.6. The molecule has 1 amide bonds. The summed E-state index contributed by atoms with van der Waals surface area (Å²) in [5.41, 5.74) is 3.15. The second-order valence-electron chi connectivity index (χ2n) is 6.87. The first kappa shape index (κ1) is 21.5. The molecule has 0 saturated heterocycles. The summed E-state index contributed by atoms with van der Waals surface area (Å²) in [6.45, 7) is 4.24. The van der Waals surface area contributed by atoms with Crippen molar-refractivity contribution in [3.05, 3.63) is 65.7 Å². The maximum Gasteiger partial charge on any atom is 0.414 e. The van der Waals surface area contributed by atoms with E-state index in [9.17, 15) is 9.59 Å². The lowest BCUT2D eigenvalue weighted by molar-refractivity contribution is -0.136. The Labute approximate surface area is 166 Å². The fourth-order valence-electron chi connectivity index (χ4n) is 3.16. The molecule has 0 aliphatic carbocycles. The van der Waals surface area contributed by atoms with Crippen LogP contribution in [-0.4, -0.2) is 30.3 Å². The number of anilines is 1. The van der Waals surface area contributed by atoms with Gasteiger partial charge in [0, 0.05) is 12.2 Å². The molecule has 0 bridgehead atoms. The Bertz CT molecular complexity index is 760. The molecule has 0 spiro atoms. The zero-order valence-electron chi connectivity index (χ0n) is 16.6. The Kier molecular flexibility index (Phi) is 8.53. The third-order valence-corrected chi connectivity index (χ3v) is 4.73. The number of aryl methyl sites for hydroxylation is 1. The third kappa shape index (κ3) is 6.72. The van der Waals surface area contributed by atoms with Crippen LogP contribution in [0.4, 0.5) is 10.5 Å². The van der Waals surface area contributed by atoms with Crippen molar-refractivity contribution in [3.63, 3.8) is 0 Å². The van der Waals surface area contributed by atoms with Gasteiger partial charge in [-0.3, -0.25) is 9.69 Å². The predicted octanol–water partition coefficient (Wildman–Crippen LogP) is 5.25. The van der Waals surface area contributed by atoms with Gasteiger partial charge in [-0.05, 0) is 55.4 Å². The van der Waals surface area contributed by atoms with Crippen molar-refractivity contribution >= 4 is 17.7 Å². The van der Waals surface area contributed by atoms with Crippen molar-refractivity contribution in [2.24, 2.45) is 0 Å². The first-order chi connectivity index (χ1) is 13.5. The van der Waals surface area contributed by atoms with E-state index in [2.05, 4.69) is 37.3 Å². The van der Waals surface area contributed by atoms with Crippen LogP contribution >= 0.6 is 0 Å². The van der Waals surface area contributed by atoms with Gasteiger partial charge >= 0.3 is 12.1 Å². The Morgan fingerprint density at radius 3 is 2.54 bits per heavy atom. The van der Waals surface area contributed by atoms with Crippen LogP contribution in [0, 0.1) is 0 Å². The topological polar surface area (TPSA) is 66.8 Å². The monoisotopic (exact) mass is 383 g/mol. The first-order valence-electron chi connectivity index (χ1n) is 9.81. The highest BCUT2D eigenvalue weighted by Crippen LogP contribution is 2.26. The number of amides is 1. The Morgan fingerprint density at radius 2 is 1.86 bits per heavy atom. The molecule has 1 atom stereocenters. The van der Waals surface area contributed by atoms with Crippen LogP contribution in [0.1, 0.15) is 50.2 Å². The van der Waals surface area contributed by atoms with Gasteiger partial charge in [-0.15, -0.1) is 0 Å². The second kappa shape index (κ2) is 11.1. The molecule has 2 aromatic rings. The predicted molar refractivity (Wildman–Crippen MR) is 111 cm³/mol. The molecule has 0 fully saturated rings. The van der Waals surface area contributed by atoms with E-state index in [-0.39, 0.29) is 19.6 Å². The molecule has 0 aromatic heterocycles. The molecule has 0 saturated carbocycles. The normalized spacial score (nSPS) is 11.6. The molecule has 1 unspecified atom stereocenters. The SMILES string of the molecule is CCOC(=O)N(CCC(=O)O)c1cccc(C(C)CCCc2ccccc2)c1. The molecule has 150 valence electrons. The third-order valence-electron chi connectivity index (χ3n) is 4.73. The van der Waals surface area contributed by atoms with Crippen LogP contribution in [0.5, 0.6) is 0 Å². The second-order valence-corrected chi connectivity index (χ2v) is 6.87. The minimum Gasteiger partial charge on any atom is -0.481 e. The number of ether oxygens (including phenoxy) is 1. The molecule has 5 heteroatoms. The van der Waals surface area contributed by atoms with Gasteiger partial charge in [-0.1, -0.05) is 49.4 Å². The number of aliphatic carboxylic acids is 1. The van der Waals surface area contributed by atoms with Gasteiger partial charge in [0.1, 0.15) is 0 Å². The van der Waals surface area contributed by atoms with E-state index in [4.69, 9.17) is 9.84 Å². The van der Waals surface area contributed by atoms with Gasteiger partial charge in [0.05, 0.1) is 13.0 Å². The number of carboxylic acid groups (broad SMARTS) is 1. The average Bonchev–Trinajstić information content (AvgIpc) is 2.69. The summed E-state index contributed by atoms with van der Waals surface area (Å²) >= 11 is 0. The van der Waals surface area contributed by atoms with Crippen molar-refractivity contribution in [1.82, 2.24) is 0 Å². The summed E-state index contributed by atoms with van der Waals surface area (Å²) in [5.74, 6) is -0.605. The van der Waals surface area contributed by atoms with Crippen LogP contribution < -0.4 is 4.90 Å². The standard InChI is InChI=1S/C23H29NO4/c1-3-28-23(27)24(16-15-22(25)26)21-14-8-13-20(17-21)18(2)9-7-12-19-10-5-4-6-11-19/h4-6,8,10-11,13-14,17-18H,3,7,9,12,15-16H2,1-2H3,(H,25,26). The minimum absolute atomic E-state index is 0.0833. The molecular formula is C23H29NO4. The zero-order chi connectivity index (χ0) is 20.4. The summed E-state index contributed by atoms with van der Waals surface area (Å²) in [6.07, 6.45) is 2.51. The highest BCUT2D eigenvalue weighted by atomic mass is 16.6. The smallest absolute Gasteiger partial charge is 0.414 e. The molecule has 5 nitrogen and oxygen atoms in total. The number of carbonyl (C=O) groups excluding carboxylic acids is 1. The molecule has 2 rings (SSSR count). The minimum atomic E-state index is -0.945. The van der Waals surface area contributed by atoms with Crippen LogP contribution in [-0.2, 0) is 16.0 Å². The lowest BCUT2D eigenvalue weighted by Crippen LogP contribution is -2.33. The van der Waals surface area contributed by atoms with E-state index in [1.807, 2.05) is 24.3 Å². The van der Waals surface area contributed by atoms with Gasteiger partial charge in [0.15, 0.2) is 0 Å². The molecule has 1 N–H and O–H groups in total. The number of benzene rings is 2. The number of rotatable bonds is 10. The Hall–Kier alpha value is -2.82. The Morgan fingerprint density at radius 1 is 1.11 bits per heavy atom. The number of nitrogens with zero attached hydrogens (tertiary/aromatic N) is 1. The number of carbonyl (C=O) groups is 2. The van der Waals surface area contributed by atoms with Gasteiger partial charge in [-0.25, -0.2) is 4.79 Å². The highest BCUT2D eigenvalue weighted by molar-refractivity contribution is 5.88. The molecule has 2 aromatic carbocycles. The van der Waals surface area contributed by atoms with Crippen LogP contribution in [0.2, 0.25) is 0 Å². The quantitative estimate of drug-likeness (QED) is 0.608. The molecule has 28 heavy (non-hydrogen) atoms. The van der Waals surface area contributed by atoms with E-state index in [1.165, 1.54) is 10.5 Å². The lowest BCUT2D eigenvalue weighted by atomic mass is 9.94. The van der Waals surface area contributed by atoms with Crippen LogP contribution in [0.25, 0.3) is 0 Å². The molecule has 0 radical (unpaired) electrons. The number of hydrogen-bond donors (Lipinski definition) is 1. The summed E-state index contributed by atoms with van der Waals surface area (Å²) < 4.78 is 5.10. The molecule has 0 aliphatic heterocycles. The van der Waals surface area contributed by atoms with Gasteiger partial charge in [0.2, 0.25) is 0 Å². The maximum absolute atomic E-state index is 12.3. The van der Waals surface area contributed by atoms with Crippen LogP contribution in [0.15, 0.2) is 54.6 Å². The molecule has 0 aliphatic rings. The van der Waals surface area contributed by atoms with E-state index >= 15 is 0 Å². The highest BCUT2D eigenvalue weighted by Gasteiger charge is 2.19. The van der Waals surface area contributed by atoms with E-state index in [0.717, 1.165) is 24.8 Å². The fourth-order valence-corrected chi connectivity index (χ4v) is 3.16. The first-order valence-corrected chi connectivity index (χ1v) is 9.81. The zero-order valence-corrected chi connectivity index (χ0v) is 16.6. The Balaban J connectivity index is 2.04. The van der Waals surface area contributed by atoms with Gasteiger partial charge < -0.3 is 9.84 Å². The van der Waals surface area contributed by atoms with Crippen molar-refractivity contribution in [2.45, 2.75) is 45.4 Å². The fraction of sp³-hybridized carbons (Fsp3) is 0.391. The van der Waals surface area contributed by atoms with E-state index < -0.39 is 12.1 Å². The summed E-state index contributed by atoms with van der Waals surface area (Å²) in [6, 6.07) is 18.2. The summed E-state index contributed by atoms with van der Waals surface area (Å²) in [7, 11) is 0. The summed E-state index contributed by atoms with van der Waals surface area (Å²) in [5, 5.41) is 8.98. The van der Waals surface area contributed by atoms with Crippen molar-refractivity contribution < 1.29 is 19.4 Å². The van der Waals surface area contributed by atoms with Crippen molar-refractivity contribution in [3.8, 4) is 0 Å². The number of carboxylic acids is 1. The van der Waals surface area contributed by atoms with Gasteiger partial charge in [-0.2, -0.15) is 0 Å². The maximum atomic E-state index is 12.3. The van der Waals surface area contributed by atoms with Crippen LogP contribution in [0.3, 0.4) is 0 Å². The molecule has 0 heterocycles. The van der Waals surface area contributed by atoms with E-state index in [0.29, 0.717) is 11.6 Å².